The monoisotopic (exact) mass is 255 g/mol. The minimum absolute atomic E-state index is 0.274. The maximum Gasteiger partial charge on any atom is 0.338 e. The minimum atomic E-state index is -1.31. The Kier molecular flexibility index (Phi) is 5.10. The summed E-state index contributed by atoms with van der Waals surface area (Å²) in [5, 5.41) is 11.6. The van der Waals surface area contributed by atoms with Gasteiger partial charge in [-0.1, -0.05) is 0 Å². The van der Waals surface area contributed by atoms with Gasteiger partial charge in [-0.15, -0.1) is 0 Å². The van der Waals surface area contributed by atoms with E-state index in [1.807, 2.05) is 0 Å². The average Bonchev–Trinajstić information content (AvgIpc) is 2.35. The Morgan fingerprint density at radius 3 is 2.78 bits per heavy atom. The van der Waals surface area contributed by atoms with E-state index >= 15 is 0 Å². The summed E-state index contributed by atoms with van der Waals surface area (Å²) in [6.07, 6.45) is 0.822. The van der Waals surface area contributed by atoms with Gasteiger partial charge in [0.1, 0.15) is 5.82 Å². The van der Waals surface area contributed by atoms with Crippen molar-refractivity contribution in [1.82, 2.24) is 0 Å². The van der Waals surface area contributed by atoms with Crippen LogP contribution in [0.15, 0.2) is 18.2 Å². The Morgan fingerprint density at radius 2 is 2.17 bits per heavy atom. The Labute approximate surface area is 104 Å². The van der Waals surface area contributed by atoms with Gasteiger partial charge in [-0.05, 0) is 24.6 Å². The second kappa shape index (κ2) is 6.58. The molecule has 0 saturated heterocycles. The van der Waals surface area contributed by atoms with Crippen LogP contribution >= 0.6 is 0 Å². The molecule has 0 aromatic heterocycles. The molecule has 98 valence electrons. The predicted octanol–water partition coefficient (Wildman–Crippen LogP) is 1.89. The number of nitrogens with one attached hydrogen (secondary N) is 1. The molecular formula is C12H14FNO4. The van der Waals surface area contributed by atoms with Crippen LogP contribution in [0, 0.1) is 5.82 Å². The third kappa shape index (κ3) is 4.04. The molecule has 0 heterocycles. The first-order valence-corrected chi connectivity index (χ1v) is 5.38. The number of carboxylic acid groups (broad SMARTS) is 1. The SMILES string of the molecule is COC(=O)CCCNc1ccc(F)c(C(=O)O)c1. The average molecular weight is 255 g/mol. The van der Waals surface area contributed by atoms with Crippen LogP contribution in [-0.2, 0) is 9.53 Å². The molecule has 1 aromatic carbocycles. The number of methoxy groups -OCH3 is 1. The molecular weight excluding hydrogens is 241 g/mol. The first kappa shape index (κ1) is 14.0. The van der Waals surface area contributed by atoms with Gasteiger partial charge in [0, 0.05) is 18.7 Å². The summed E-state index contributed by atoms with van der Waals surface area (Å²) < 4.78 is 17.6. The molecule has 0 aliphatic carbocycles. The lowest BCUT2D eigenvalue weighted by Gasteiger charge is -2.07. The van der Waals surface area contributed by atoms with Gasteiger partial charge in [0.25, 0.3) is 0 Å². The molecule has 6 heteroatoms. The van der Waals surface area contributed by atoms with E-state index in [0.29, 0.717) is 18.7 Å². The molecule has 0 spiro atoms. The predicted molar refractivity (Wildman–Crippen MR) is 63.1 cm³/mol. The summed E-state index contributed by atoms with van der Waals surface area (Å²) in [6.45, 7) is 0.472. The van der Waals surface area contributed by atoms with Crippen LogP contribution in [0.3, 0.4) is 0 Å². The second-order valence-electron chi connectivity index (χ2n) is 3.61. The quantitative estimate of drug-likeness (QED) is 0.599. The van der Waals surface area contributed by atoms with E-state index in [0.717, 1.165) is 6.07 Å². The zero-order chi connectivity index (χ0) is 13.5. The molecule has 0 fully saturated rings. The Morgan fingerprint density at radius 1 is 1.44 bits per heavy atom. The van der Waals surface area contributed by atoms with Crippen molar-refractivity contribution in [2.24, 2.45) is 0 Å². The fourth-order valence-corrected chi connectivity index (χ4v) is 1.37. The normalized spacial score (nSPS) is 9.89. The smallest absolute Gasteiger partial charge is 0.338 e. The van der Waals surface area contributed by atoms with Gasteiger partial charge in [0.05, 0.1) is 12.7 Å². The van der Waals surface area contributed by atoms with Crippen molar-refractivity contribution in [3.8, 4) is 0 Å². The highest BCUT2D eigenvalue weighted by atomic mass is 19.1. The van der Waals surface area contributed by atoms with Gasteiger partial charge in [0.2, 0.25) is 0 Å². The largest absolute Gasteiger partial charge is 0.478 e. The first-order chi connectivity index (χ1) is 8.54. The number of ether oxygens (including phenoxy) is 1. The minimum Gasteiger partial charge on any atom is -0.478 e. The van der Waals surface area contributed by atoms with Crippen molar-refractivity contribution in [2.45, 2.75) is 12.8 Å². The summed E-state index contributed by atoms with van der Waals surface area (Å²) in [7, 11) is 1.31. The zero-order valence-electron chi connectivity index (χ0n) is 9.90. The number of anilines is 1. The molecule has 5 nitrogen and oxygen atoms in total. The van der Waals surface area contributed by atoms with Crippen LogP contribution in [0.25, 0.3) is 0 Å². The van der Waals surface area contributed by atoms with E-state index in [1.165, 1.54) is 19.2 Å². The van der Waals surface area contributed by atoms with Crippen LogP contribution in [0.5, 0.6) is 0 Å². The fourth-order valence-electron chi connectivity index (χ4n) is 1.37. The van der Waals surface area contributed by atoms with Crippen LogP contribution in [-0.4, -0.2) is 30.7 Å². The molecule has 0 saturated carbocycles. The van der Waals surface area contributed by atoms with Crippen molar-refractivity contribution >= 4 is 17.6 Å². The topological polar surface area (TPSA) is 75.6 Å². The highest BCUT2D eigenvalue weighted by Gasteiger charge is 2.10. The summed E-state index contributed by atoms with van der Waals surface area (Å²) in [5.41, 5.74) is 0.117. The number of carbonyl (C=O) groups is 2. The van der Waals surface area contributed by atoms with Crippen LogP contribution in [0.1, 0.15) is 23.2 Å². The van der Waals surface area contributed by atoms with E-state index in [1.54, 1.807) is 0 Å². The zero-order valence-corrected chi connectivity index (χ0v) is 9.90. The van der Waals surface area contributed by atoms with Gasteiger partial charge >= 0.3 is 11.9 Å². The van der Waals surface area contributed by atoms with Gasteiger partial charge in [-0.3, -0.25) is 4.79 Å². The number of carbonyl (C=O) groups excluding carboxylic acids is 1. The van der Waals surface area contributed by atoms with Gasteiger partial charge < -0.3 is 15.2 Å². The number of halogens is 1. The number of aromatic carboxylic acids is 1. The molecule has 0 atom stereocenters. The van der Waals surface area contributed by atoms with Gasteiger partial charge in [-0.2, -0.15) is 0 Å². The standard InChI is InChI=1S/C12H14FNO4/c1-18-11(15)3-2-6-14-8-4-5-10(13)9(7-8)12(16)17/h4-5,7,14H,2-3,6H2,1H3,(H,16,17). The maximum atomic E-state index is 13.1. The number of hydrogen-bond acceptors (Lipinski definition) is 4. The van der Waals surface area contributed by atoms with E-state index < -0.39 is 11.8 Å². The third-order valence-corrected chi connectivity index (χ3v) is 2.31. The molecule has 0 unspecified atom stereocenters. The second-order valence-corrected chi connectivity index (χ2v) is 3.61. The molecule has 2 N–H and O–H groups in total. The molecule has 0 aliphatic rings. The van der Waals surface area contributed by atoms with Crippen LogP contribution in [0.4, 0.5) is 10.1 Å². The molecule has 0 amide bonds. The molecule has 1 aromatic rings. The van der Waals surface area contributed by atoms with E-state index in [4.69, 9.17) is 5.11 Å². The molecule has 1 rings (SSSR count). The molecule has 0 bridgehead atoms. The maximum absolute atomic E-state index is 13.1. The highest BCUT2D eigenvalue weighted by Crippen LogP contribution is 2.14. The number of hydrogen-bond donors (Lipinski definition) is 2. The number of benzene rings is 1. The first-order valence-electron chi connectivity index (χ1n) is 5.38. The van der Waals surface area contributed by atoms with Crippen LogP contribution < -0.4 is 5.32 Å². The van der Waals surface area contributed by atoms with Crippen molar-refractivity contribution in [2.75, 3.05) is 19.0 Å². The lowest BCUT2D eigenvalue weighted by Crippen LogP contribution is -2.08. The van der Waals surface area contributed by atoms with Crippen molar-refractivity contribution in [3.63, 3.8) is 0 Å². The highest BCUT2D eigenvalue weighted by molar-refractivity contribution is 5.89. The Bertz CT molecular complexity index is 448. The van der Waals surface area contributed by atoms with Crippen molar-refractivity contribution < 1.29 is 23.8 Å². The van der Waals surface area contributed by atoms with Crippen LogP contribution in [0.2, 0.25) is 0 Å². The third-order valence-electron chi connectivity index (χ3n) is 2.31. The summed E-state index contributed by atoms with van der Waals surface area (Å²) in [4.78, 5) is 21.5. The van der Waals surface area contributed by atoms with E-state index in [2.05, 4.69) is 10.1 Å². The van der Waals surface area contributed by atoms with Gasteiger partial charge in [0.15, 0.2) is 0 Å². The molecule has 18 heavy (non-hydrogen) atoms. The molecule has 0 radical (unpaired) electrons. The lowest BCUT2D eigenvalue weighted by atomic mass is 10.2. The van der Waals surface area contributed by atoms with Gasteiger partial charge in [-0.25, -0.2) is 9.18 Å². The lowest BCUT2D eigenvalue weighted by molar-refractivity contribution is -0.140. The van der Waals surface area contributed by atoms with Crippen molar-refractivity contribution in [1.29, 1.82) is 0 Å². The van der Waals surface area contributed by atoms with E-state index in [9.17, 15) is 14.0 Å². The van der Waals surface area contributed by atoms with E-state index in [-0.39, 0.29) is 18.0 Å². The Balaban J connectivity index is 2.50. The molecule has 0 aliphatic heterocycles. The summed E-state index contributed by atoms with van der Waals surface area (Å²) >= 11 is 0. The number of rotatable bonds is 6. The summed E-state index contributed by atoms with van der Waals surface area (Å²) in [6, 6.07) is 3.75. The fraction of sp³-hybridized carbons (Fsp3) is 0.333. The number of esters is 1. The van der Waals surface area contributed by atoms with Crippen molar-refractivity contribution in [3.05, 3.63) is 29.6 Å². The summed E-state index contributed by atoms with van der Waals surface area (Å²) in [5.74, 6) is -2.39. The Hall–Kier alpha value is -2.11. The number of carboxylic acids is 1.